The molecule has 1 saturated heterocycles. The average Bonchev–Trinajstić information content (AvgIpc) is 3.36. The molecule has 1 amide bonds. The number of carbonyl (C=O) groups is 1. The van der Waals surface area contributed by atoms with E-state index in [2.05, 4.69) is 10.3 Å². The molecule has 1 aliphatic heterocycles. The fourth-order valence-corrected chi connectivity index (χ4v) is 3.88. The predicted molar refractivity (Wildman–Crippen MR) is 124 cm³/mol. The quantitative estimate of drug-likeness (QED) is 0.304. The molecule has 8 nitrogen and oxygen atoms in total. The first kappa shape index (κ1) is 21.4. The van der Waals surface area contributed by atoms with Gasteiger partial charge in [0.2, 0.25) is 0 Å². The summed E-state index contributed by atoms with van der Waals surface area (Å²) in [6, 6.07) is 15.6. The number of nitrogens with zero attached hydrogens (tertiary/aromatic N) is 2. The van der Waals surface area contributed by atoms with Crippen LogP contribution in [0.1, 0.15) is 18.2 Å². The Morgan fingerprint density at radius 1 is 1.19 bits per heavy atom. The number of nitro benzene ring substituents is 1. The number of amides is 1. The minimum Gasteiger partial charge on any atom is -0.494 e. The van der Waals surface area contributed by atoms with Crippen LogP contribution in [0.5, 0.6) is 5.75 Å². The van der Waals surface area contributed by atoms with Crippen LogP contribution in [0.15, 0.2) is 68.9 Å². The van der Waals surface area contributed by atoms with Crippen molar-refractivity contribution in [3.05, 3.63) is 80.9 Å². The van der Waals surface area contributed by atoms with E-state index in [1.165, 1.54) is 17.8 Å². The third-order valence-electron chi connectivity index (χ3n) is 4.62. The smallest absolute Gasteiger partial charge is 0.273 e. The van der Waals surface area contributed by atoms with Crippen LogP contribution in [-0.4, -0.2) is 22.6 Å². The number of amidine groups is 1. The maximum atomic E-state index is 12.3. The lowest BCUT2D eigenvalue weighted by Gasteiger charge is -2.02. The summed E-state index contributed by atoms with van der Waals surface area (Å²) in [7, 11) is 0. The van der Waals surface area contributed by atoms with Crippen molar-refractivity contribution in [1.29, 1.82) is 0 Å². The van der Waals surface area contributed by atoms with Crippen LogP contribution >= 0.6 is 11.8 Å². The van der Waals surface area contributed by atoms with Crippen LogP contribution in [0, 0.1) is 17.0 Å². The highest BCUT2D eigenvalue weighted by Crippen LogP contribution is 2.32. The van der Waals surface area contributed by atoms with E-state index < -0.39 is 4.92 Å². The molecular weight excluding hydrogens is 430 g/mol. The molecule has 0 spiro atoms. The topological polar surface area (TPSA) is 107 Å². The van der Waals surface area contributed by atoms with Crippen LogP contribution in [0.4, 0.5) is 11.4 Å². The van der Waals surface area contributed by atoms with Crippen molar-refractivity contribution < 1.29 is 18.9 Å². The second kappa shape index (κ2) is 9.11. The number of aliphatic imine (C=N–C) groups is 1. The van der Waals surface area contributed by atoms with Gasteiger partial charge in [-0.3, -0.25) is 14.9 Å². The number of hydrogen-bond acceptors (Lipinski definition) is 7. The second-order valence-corrected chi connectivity index (χ2v) is 7.90. The van der Waals surface area contributed by atoms with Gasteiger partial charge in [-0.15, -0.1) is 0 Å². The average molecular weight is 449 g/mol. The summed E-state index contributed by atoms with van der Waals surface area (Å²) in [5, 5.41) is 14.4. The minimum absolute atomic E-state index is 0.0275. The Labute approximate surface area is 188 Å². The first-order chi connectivity index (χ1) is 15.4. The Morgan fingerprint density at radius 3 is 2.69 bits per heavy atom. The number of hydrogen-bond donors (Lipinski definition) is 1. The Hall–Kier alpha value is -3.85. The highest BCUT2D eigenvalue weighted by atomic mass is 32.2. The molecule has 0 aliphatic carbocycles. The van der Waals surface area contributed by atoms with Crippen molar-refractivity contribution in [2.24, 2.45) is 4.99 Å². The van der Waals surface area contributed by atoms with E-state index in [9.17, 15) is 14.9 Å². The molecule has 1 aliphatic rings. The van der Waals surface area contributed by atoms with Crippen molar-refractivity contribution in [2.45, 2.75) is 13.8 Å². The zero-order valence-electron chi connectivity index (χ0n) is 17.3. The van der Waals surface area contributed by atoms with Gasteiger partial charge in [0.05, 0.1) is 22.1 Å². The fourth-order valence-electron chi connectivity index (χ4n) is 3.06. The maximum absolute atomic E-state index is 12.3. The first-order valence-electron chi connectivity index (χ1n) is 9.80. The van der Waals surface area contributed by atoms with Crippen molar-refractivity contribution in [3.63, 3.8) is 0 Å². The summed E-state index contributed by atoms with van der Waals surface area (Å²) >= 11 is 1.21. The van der Waals surface area contributed by atoms with E-state index in [0.717, 1.165) is 5.75 Å². The lowest BCUT2D eigenvalue weighted by Crippen LogP contribution is -2.19. The van der Waals surface area contributed by atoms with E-state index in [1.54, 1.807) is 37.3 Å². The monoisotopic (exact) mass is 449 g/mol. The van der Waals surface area contributed by atoms with E-state index in [1.807, 2.05) is 31.2 Å². The molecule has 162 valence electrons. The molecule has 9 heteroatoms. The third-order valence-corrected chi connectivity index (χ3v) is 5.53. The molecule has 2 heterocycles. The van der Waals surface area contributed by atoms with Crippen LogP contribution in [-0.2, 0) is 4.79 Å². The summed E-state index contributed by atoms with van der Waals surface area (Å²) in [5.41, 5.74) is 1.89. The number of carbonyl (C=O) groups excluding carboxylic acids is 1. The second-order valence-electron chi connectivity index (χ2n) is 6.87. The summed E-state index contributed by atoms with van der Waals surface area (Å²) in [6.07, 6.45) is 1.62. The van der Waals surface area contributed by atoms with Gasteiger partial charge in [0.15, 0.2) is 5.17 Å². The van der Waals surface area contributed by atoms with Crippen molar-refractivity contribution in [2.75, 3.05) is 6.61 Å². The summed E-state index contributed by atoms with van der Waals surface area (Å²) in [6.45, 7) is 4.19. The molecule has 0 atom stereocenters. The molecule has 1 N–H and O–H groups in total. The van der Waals surface area contributed by atoms with Crippen LogP contribution in [0.2, 0.25) is 0 Å². The Bertz CT molecular complexity index is 1240. The van der Waals surface area contributed by atoms with Crippen LogP contribution < -0.4 is 10.1 Å². The first-order valence-corrected chi connectivity index (χ1v) is 10.6. The third kappa shape index (κ3) is 4.73. The number of nitro groups is 1. The number of rotatable bonds is 6. The number of furan rings is 1. The standard InChI is InChI=1S/C23H19N3O5S/c1-3-30-17-8-6-16(7-9-17)24-23-25-22(27)21(32-23)13-18-10-11-20(31-18)15-5-4-14(2)19(12-15)26(28)29/h4-13H,3H2,1-2H3,(H,24,25,27)/b21-13+. The van der Waals surface area contributed by atoms with Gasteiger partial charge in [0.25, 0.3) is 11.6 Å². The molecule has 2 aromatic carbocycles. The molecule has 0 unspecified atom stereocenters. The van der Waals surface area contributed by atoms with Gasteiger partial charge in [-0.2, -0.15) is 0 Å². The number of benzene rings is 2. The van der Waals surface area contributed by atoms with E-state index in [4.69, 9.17) is 9.15 Å². The number of thioether (sulfide) groups is 1. The number of ether oxygens (including phenoxy) is 1. The van der Waals surface area contributed by atoms with Gasteiger partial charge < -0.3 is 14.5 Å². The lowest BCUT2D eigenvalue weighted by molar-refractivity contribution is -0.385. The summed E-state index contributed by atoms with van der Waals surface area (Å²) < 4.78 is 11.2. The van der Waals surface area contributed by atoms with Gasteiger partial charge in [0.1, 0.15) is 17.3 Å². The van der Waals surface area contributed by atoms with E-state index in [-0.39, 0.29) is 11.6 Å². The number of nitrogens with one attached hydrogen (secondary N) is 1. The van der Waals surface area contributed by atoms with Gasteiger partial charge in [0, 0.05) is 23.3 Å². The Kier molecular flexibility index (Phi) is 6.09. The van der Waals surface area contributed by atoms with Crippen LogP contribution in [0.3, 0.4) is 0 Å². The Balaban J connectivity index is 1.51. The number of aryl methyl sites for hydroxylation is 1. The normalized spacial score (nSPS) is 15.9. The van der Waals surface area contributed by atoms with E-state index in [0.29, 0.717) is 45.0 Å². The predicted octanol–water partition coefficient (Wildman–Crippen LogP) is 5.45. The molecular formula is C23H19N3O5S. The fraction of sp³-hybridized carbons (Fsp3) is 0.130. The molecule has 0 radical (unpaired) electrons. The minimum atomic E-state index is -0.421. The van der Waals surface area contributed by atoms with Crippen molar-refractivity contribution in [1.82, 2.24) is 5.32 Å². The molecule has 4 rings (SSSR count). The highest BCUT2D eigenvalue weighted by molar-refractivity contribution is 8.18. The zero-order chi connectivity index (χ0) is 22.7. The molecule has 32 heavy (non-hydrogen) atoms. The lowest BCUT2D eigenvalue weighted by atomic mass is 10.1. The summed E-state index contributed by atoms with van der Waals surface area (Å²) in [5.74, 6) is 1.42. The zero-order valence-corrected chi connectivity index (χ0v) is 18.1. The largest absolute Gasteiger partial charge is 0.494 e. The maximum Gasteiger partial charge on any atom is 0.273 e. The molecule has 1 aromatic heterocycles. The SMILES string of the molecule is CCOc1ccc(N=C2NC(=O)/C(=C\c3ccc(-c4ccc(C)c([N+](=O)[O-])c4)o3)S2)cc1. The Morgan fingerprint density at radius 2 is 1.97 bits per heavy atom. The summed E-state index contributed by atoms with van der Waals surface area (Å²) in [4.78, 5) is 28.0. The van der Waals surface area contributed by atoms with Crippen molar-refractivity contribution >= 4 is 40.3 Å². The van der Waals surface area contributed by atoms with Crippen LogP contribution in [0.25, 0.3) is 17.4 Å². The van der Waals surface area contributed by atoms with Crippen molar-refractivity contribution in [3.8, 4) is 17.1 Å². The molecule has 3 aromatic rings. The molecule has 0 saturated carbocycles. The van der Waals surface area contributed by atoms with Gasteiger partial charge in [-0.05, 0) is 62.0 Å². The highest BCUT2D eigenvalue weighted by Gasteiger charge is 2.24. The van der Waals surface area contributed by atoms with Gasteiger partial charge >= 0.3 is 0 Å². The van der Waals surface area contributed by atoms with Gasteiger partial charge in [-0.25, -0.2) is 4.99 Å². The van der Waals surface area contributed by atoms with E-state index >= 15 is 0 Å². The molecule has 1 fully saturated rings. The van der Waals surface area contributed by atoms with Gasteiger partial charge in [-0.1, -0.05) is 12.1 Å². The molecule has 0 bridgehead atoms.